The predicted molar refractivity (Wildman–Crippen MR) is 79.8 cm³/mol. The molecule has 2 unspecified atom stereocenters. The van der Waals surface area contributed by atoms with Crippen LogP contribution < -0.4 is 4.72 Å². The van der Waals surface area contributed by atoms with Gasteiger partial charge in [-0.1, -0.05) is 29.4 Å². The van der Waals surface area contributed by atoms with Crippen LogP contribution in [0.5, 0.6) is 0 Å². The second-order valence-electron chi connectivity index (χ2n) is 5.46. The summed E-state index contributed by atoms with van der Waals surface area (Å²) in [5, 5.41) is 0. The van der Waals surface area contributed by atoms with Crippen molar-refractivity contribution in [3.63, 3.8) is 0 Å². The van der Waals surface area contributed by atoms with E-state index < -0.39 is 10.0 Å². The van der Waals surface area contributed by atoms with Crippen LogP contribution in [0.15, 0.2) is 4.21 Å². The van der Waals surface area contributed by atoms with Gasteiger partial charge in [0.15, 0.2) is 8.68 Å². The molecule has 3 rings (SSSR count). The number of halogens is 1. The Kier molecular flexibility index (Phi) is 4.07. The van der Waals surface area contributed by atoms with Crippen LogP contribution >= 0.6 is 22.9 Å². The predicted octanol–water partition coefficient (Wildman–Crippen LogP) is 2.01. The summed E-state index contributed by atoms with van der Waals surface area (Å²) in [6, 6.07) is 0.364. The van der Waals surface area contributed by atoms with Crippen molar-refractivity contribution in [2.24, 2.45) is 0 Å². The normalized spacial score (nSPS) is 27.7. The first-order valence-electron chi connectivity index (χ1n) is 6.87. The van der Waals surface area contributed by atoms with Gasteiger partial charge in [-0.2, -0.15) is 0 Å². The number of aromatic nitrogens is 1. The topological polar surface area (TPSA) is 62.3 Å². The molecular formula is C12H18ClN3O2S2. The third-order valence-electron chi connectivity index (χ3n) is 4.13. The van der Waals surface area contributed by atoms with Crippen LogP contribution in [0.2, 0.25) is 4.47 Å². The van der Waals surface area contributed by atoms with E-state index in [0.717, 1.165) is 37.3 Å². The van der Waals surface area contributed by atoms with E-state index in [0.29, 0.717) is 11.7 Å². The lowest BCUT2D eigenvalue weighted by Gasteiger charge is -2.32. The van der Waals surface area contributed by atoms with Gasteiger partial charge in [0.1, 0.15) is 0 Å². The Hall–Kier alpha value is -0.210. The maximum atomic E-state index is 12.5. The number of sulfonamides is 1. The zero-order chi connectivity index (χ0) is 14.3. The Balaban J connectivity index is 1.78. The van der Waals surface area contributed by atoms with Crippen molar-refractivity contribution in [3.05, 3.63) is 10.2 Å². The Morgan fingerprint density at radius 1 is 1.35 bits per heavy atom. The lowest BCUT2D eigenvalue weighted by molar-refractivity contribution is 0.186. The number of fused-ring (bicyclic) bond motifs is 1. The van der Waals surface area contributed by atoms with Crippen molar-refractivity contribution < 1.29 is 8.42 Å². The second kappa shape index (κ2) is 5.53. The average molecular weight is 336 g/mol. The van der Waals surface area contributed by atoms with Crippen LogP contribution in [-0.2, 0) is 10.0 Å². The number of piperidine rings is 1. The zero-order valence-corrected chi connectivity index (χ0v) is 13.7. The fourth-order valence-corrected chi connectivity index (χ4v) is 6.30. The Bertz CT molecular complexity index is 602. The molecule has 2 aliphatic rings. The minimum absolute atomic E-state index is 0.0144. The molecule has 0 saturated carbocycles. The third kappa shape index (κ3) is 2.74. The molecule has 1 aromatic rings. The molecule has 0 amide bonds. The highest BCUT2D eigenvalue weighted by atomic mass is 35.5. The number of rotatable bonds is 3. The highest BCUT2D eigenvalue weighted by molar-refractivity contribution is 7.91. The minimum atomic E-state index is -3.51. The fourth-order valence-electron chi connectivity index (χ4n) is 3.24. The first-order valence-corrected chi connectivity index (χ1v) is 9.54. The number of nitrogens with one attached hydrogen (secondary N) is 1. The number of hydrogen-bond acceptors (Lipinski definition) is 5. The molecule has 2 saturated heterocycles. The molecule has 0 spiro atoms. The standard InChI is InChI=1S/C12H18ClN3O2S2/c1-8-11(19-12(13)14-8)20(17,18)15-9-5-7-16-6-3-2-4-10(9)16/h9-10,15H,2-7H2,1H3. The Morgan fingerprint density at radius 3 is 2.85 bits per heavy atom. The lowest BCUT2D eigenvalue weighted by Crippen LogP contribution is -2.46. The van der Waals surface area contributed by atoms with Gasteiger partial charge in [-0.15, -0.1) is 0 Å². The molecule has 5 nitrogen and oxygen atoms in total. The zero-order valence-electron chi connectivity index (χ0n) is 11.3. The summed E-state index contributed by atoms with van der Waals surface area (Å²) in [6.07, 6.45) is 4.37. The molecule has 8 heteroatoms. The van der Waals surface area contributed by atoms with Crippen LogP contribution in [0.3, 0.4) is 0 Å². The van der Waals surface area contributed by atoms with Crippen molar-refractivity contribution in [2.45, 2.75) is 48.9 Å². The molecule has 112 valence electrons. The maximum Gasteiger partial charge on any atom is 0.252 e. The molecule has 2 atom stereocenters. The summed E-state index contributed by atoms with van der Waals surface area (Å²) in [4.78, 5) is 6.39. The molecule has 1 aromatic heterocycles. The van der Waals surface area contributed by atoms with Gasteiger partial charge in [0.05, 0.1) is 5.69 Å². The summed E-state index contributed by atoms with van der Waals surface area (Å²) >= 11 is 6.83. The molecular weight excluding hydrogens is 318 g/mol. The van der Waals surface area contributed by atoms with Crippen molar-refractivity contribution >= 4 is 33.0 Å². The van der Waals surface area contributed by atoms with Crippen LogP contribution in [0.4, 0.5) is 0 Å². The van der Waals surface area contributed by atoms with E-state index in [1.807, 2.05) is 0 Å². The largest absolute Gasteiger partial charge is 0.299 e. The fraction of sp³-hybridized carbons (Fsp3) is 0.750. The molecule has 0 radical (unpaired) electrons. The van der Waals surface area contributed by atoms with Crippen molar-refractivity contribution in [2.75, 3.05) is 13.1 Å². The lowest BCUT2D eigenvalue weighted by atomic mass is 10.00. The average Bonchev–Trinajstić information content (AvgIpc) is 2.94. The van der Waals surface area contributed by atoms with E-state index in [-0.39, 0.29) is 14.7 Å². The number of hydrogen-bond donors (Lipinski definition) is 1. The molecule has 3 heterocycles. The van der Waals surface area contributed by atoms with Crippen LogP contribution in [0.25, 0.3) is 0 Å². The molecule has 1 N–H and O–H groups in total. The second-order valence-corrected chi connectivity index (χ2v) is 8.95. The van der Waals surface area contributed by atoms with E-state index in [9.17, 15) is 8.42 Å². The minimum Gasteiger partial charge on any atom is -0.299 e. The molecule has 0 bridgehead atoms. The van der Waals surface area contributed by atoms with Crippen LogP contribution in [0, 0.1) is 6.92 Å². The van der Waals surface area contributed by atoms with Gasteiger partial charge >= 0.3 is 0 Å². The summed E-state index contributed by atoms with van der Waals surface area (Å²) in [7, 11) is -3.51. The van der Waals surface area contributed by atoms with Crippen LogP contribution in [0.1, 0.15) is 31.4 Å². The third-order valence-corrected chi connectivity index (χ3v) is 7.50. The highest BCUT2D eigenvalue weighted by Gasteiger charge is 2.38. The Morgan fingerprint density at radius 2 is 2.15 bits per heavy atom. The van der Waals surface area contributed by atoms with Gasteiger partial charge in [-0.3, -0.25) is 4.90 Å². The first kappa shape index (κ1) is 14.7. The quantitative estimate of drug-likeness (QED) is 0.917. The number of aryl methyl sites for hydroxylation is 1. The van der Waals surface area contributed by atoms with Crippen molar-refractivity contribution in [3.8, 4) is 0 Å². The number of nitrogens with zero attached hydrogens (tertiary/aromatic N) is 2. The molecule has 2 fully saturated rings. The first-order chi connectivity index (χ1) is 9.47. The maximum absolute atomic E-state index is 12.5. The van der Waals surface area contributed by atoms with Gasteiger partial charge in [-0.25, -0.2) is 18.1 Å². The smallest absolute Gasteiger partial charge is 0.252 e. The van der Waals surface area contributed by atoms with Gasteiger partial charge < -0.3 is 0 Å². The Labute approximate surface area is 128 Å². The summed E-state index contributed by atoms with van der Waals surface area (Å²) < 4.78 is 28.3. The van der Waals surface area contributed by atoms with E-state index in [4.69, 9.17) is 11.6 Å². The SMILES string of the molecule is Cc1nc(Cl)sc1S(=O)(=O)NC1CCN2CCCCC12. The van der Waals surface area contributed by atoms with Crippen molar-refractivity contribution in [1.29, 1.82) is 0 Å². The monoisotopic (exact) mass is 335 g/mol. The molecule has 2 aliphatic heterocycles. The molecule has 0 aromatic carbocycles. The van der Waals surface area contributed by atoms with Gasteiger partial charge in [0, 0.05) is 18.6 Å². The summed E-state index contributed by atoms with van der Waals surface area (Å²) in [5.74, 6) is 0. The van der Waals surface area contributed by atoms with Crippen LogP contribution in [-0.4, -0.2) is 43.5 Å². The van der Waals surface area contributed by atoms with E-state index in [1.165, 1.54) is 12.8 Å². The van der Waals surface area contributed by atoms with E-state index in [2.05, 4.69) is 14.6 Å². The number of thiazole rings is 1. The highest BCUT2D eigenvalue weighted by Crippen LogP contribution is 2.30. The van der Waals surface area contributed by atoms with Crippen molar-refractivity contribution in [1.82, 2.24) is 14.6 Å². The van der Waals surface area contributed by atoms with Gasteiger partial charge in [-0.05, 0) is 32.7 Å². The molecule has 0 aliphatic carbocycles. The summed E-state index contributed by atoms with van der Waals surface area (Å²) in [5.41, 5.74) is 0.478. The van der Waals surface area contributed by atoms with E-state index >= 15 is 0 Å². The molecule has 20 heavy (non-hydrogen) atoms. The van der Waals surface area contributed by atoms with Gasteiger partial charge in [0.2, 0.25) is 0 Å². The summed E-state index contributed by atoms with van der Waals surface area (Å²) in [6.45, 7) is 3.76. The van der Waals surface area contributed by atoms with Gasteiger partial charge in [0.25, 0.3) is 10.0 Å². The van der Waals surface area contributed by atoms with E-state index in [1.54, 1.807) is 6.92 Å².